The van der Waals surface area contributed by atoms with Crippen molar-refractivity contribution in [3.8, 4) is 0 Å². The molecule has 0 atom stereocenters. The van der Waals surface area contributed by atoms with E-state index >= 15 is 0 Å². The highest BCUT2D eigenvalue weighted by Crippen LogP contribution is 2.23. The van der Waals surface area contributed by atoms with Crippen LogP contribution < -0.4 is 0 Å². The van der Waals surface area contributed by atoms with Crippen LogP contribution in [0.1, 0.15) is 135 Å². The van der Waals surface area contributed by atoms with Crippen LogP contribution in [0.4, 0.5) is 0 Å². The number of aryl methyl sites for hydroxylation is 2. The monoisotopic (exact) mass is 624 g/mol. The summed E-state index contributed by atoms with van der Waals surface area (Å²) in [7, 11) is 0. The number of benzene rings is 4. The summed E-state index contributed by atoms with van der Waals surface area (Å²) < 4.78 is 0. The standard InChI is InChI=1S/2C10H14.2C9H11Cl.3CH4/c2*1-8(2)10-6-4-9(3)5-7-10;1-7(2)8-4-3-5-9(10)6-8;1-7(2)8-5-3-4-6-9(8)10;;;/h2*4-8H,1-3H3;2*3-7H,1-2H3;3*1H4. The largest absolute Gasteiger partial charge is 0.0843 e. The van der Waals surface area contributed by atoms with Gasteiger partial charge < -0.3 is 0 Å². The predicted molar refractivity (Wildman–Crippen MR) is 202 cm³/mol. The van der Waals surface area contributed by atoms with E-state index in [1.807, 2.05) is 36.4 Å². The van der Waals surface area contributed by atoms with Crippen LogP contribution in [0, 0.1) is 13.8 Å². The molecule has 4 aromatic rings. The first-order valence-corrected chi connectivity index (χ1v) is 15.2. The van der Waals surface area contributed by atoms with Crippen molar-refractivity contribution in [2.24, 2.45) is 0 Å². The lowest BCUT2D eigenvalue weighted by Crippen LogP contribution is -1.86. The minimum Gasteiger partial charge on any atom is -0.0843 e. The quantitative estimate of drug-likeness (QED) is 0.212. The fourth-order valence-corrected chi connectivity index (χ4v) is 4.26. The molecule has 0 aliphatic carbocycles. The van der Waals surface area contributed by atoms with Gasteiger partial charge in [0.1, 0.15) is 0 Å². The van der Waals surface area contributed by atoms with Gasteiger partial charge in [-0.3, -0.25) is 0 Å². The predicted octanol–water partition coefficient (Wildman–Crippen LogP) is 15.1. The van der Waals surface area contributed by atoms with E-state index in [4.69, 9.17) is 23.2 Å². The fraction of sp³-hybridized carbons (Fsp3) is 0.415. The van der Waals surface area contributed by atoms with Gasteiger partial charge in [0.05, 0.1) is 0 Å². The number of hydrogen-bond acceptors (Lipinski definition) is 0. The first-order valence-electron chi connectivity index (χ1n) is 14.4. The van der Waals surface area contributed by atoms with Crippen LogP contribution in [0.2, 0.25) is 10.0 Å². The molecule has 0 amide bonds. The zero-order valence-electron chi connectivity index (χ0n) is 26.3. The zero-order valence-corrected chi connectivity index (χ0v) is 27.8. The van der Waals surface area contributed by atoms with Gasteiger partial charge in [-0.05, 0) is 78.0 Å². The van der Waals surface area contributed by atoms with Crippen molar-refractivity contribution in [3.05, 3.63) is 140 Å². The number of halogens is 2. The van der Waals surface area contributed by atoms with Gasteiger partial charge in [0.25, 0.3) is 0 Å². The van der Waals surface area contributed by atoms with E-state index in [1.54, 1.807) is 0 Å². The Labute approximate surface area is 277 Å². The summed E-state index contributed by atoms with van der Waals surface area (Å²) in [6, 6.07) is 33.4. The van der Waals surface area contributed by atoms with Gasteiger partial charge in [-0.25, -0.2) is 0 Å². The lowest BCUT2D eigenvalue weighted by Gasteiger charge is -2.05. The molecule has 4 rings (SSSR count). The highest BCUT2D eigenvalue weighted by atomic mass is 35.5. The van der Waals surface area contributed by atoms with Gasteiger partial charge in [0.15, 0.2) is 0 Å². The van der Waals surface area contributed by atoms with Crippen molar-refractivity contribution in [2.45, 2.75) is 115 Å². The molecule has 43 heavy (non-hydrogen) atoms. The van der Waals surface area contributed by atoms with Crippen LogP contribution in [0.3, 0.4) is 0 Å². The minimum absolute atomic E-state index is 0. The molecule has 0 bridgehead atoms. The zero-order chi connectivity index (χ0) is 30.2. The molecule has 0 fully saturated rings. The minimum atomic E-state index is 0. The summed E-state index contributed by atoms with van der Waals surface area (Å²) >= 11 is 11.7. The van der Waals surface area contributed by atoms with Crippen LogP contribution >= 0.6 is 23.2 Å². The van der Waals surface area contributed by atoms with E-state index in [-0.39, 0.29) is 22.3 Å². The highest BCUT2D eigenvalue weighted by Gasteiger charge is 2.01. The molecule has 0 N–H and O–H groups in total. The molecule has 0 aliphatic rings. The van der Waals surface area contributed by atoms with Crippen molar-refractivity contribution < 1.29 is 0 Å². The lowest BCUT2D eigenvalue weighted by molar-refractivity contribution is 0.866. The van der Waals surface area contributed by atoms with E-state index < -0.39 is 0 Å². The van der Waals surface area contributed by atoms with Gasteiger partial charge in [-0.1, -0.05) is 191 Å². The second-order valence-electron chi connectivity index (χ2n) is 11.5. The van der Waals surface area contributed by atoms with Crippen molar-refractivity contribution in [1.82, 2.24) is 0 Å². The molecule has 0 saturated carbocycles. The van der Waals surface area contributed by atoms with Crippen molar-refractivity contribution >= 4 is 23.2 Å². The maximum atomic E-state index is 5.92. The SMILES string of the molecule is C.C.C.CC(C)c1cccc(Cl)c1.CC(C)c1ccccc1Cl.Cc1ccc(C(C)C)cc1.Cc1ccc(C(C)C)cc1. The second-order valence-corrected chi connectivity index (χ2v) is 12.4. The molecule has 0 nitrogen and oxygen atoms in total. The van der Waals surface area contributed by atoms with Crippen LogP contribution in [-0.2, 0) is 0 Å². The summed E-state index contributed by atoms with van der Waals surface area (Å²) in [6.07, 6.45) is 0. The maximum Gasteiger partial charge on any atom is 0.0440 e. The summed E-state index contributed by atoms with van der Waals surface area (Å²) in [4.78, 5) is 0. The third-order valence-electron chi connectivity index (χ3n) is 6.53. The fourth-order valence-electron chi connectivity index (χ4n) is 3.71. The van der Waals surface area contributed by atoms with Gasteiger partial charge in [-0.15, -0.1) is 0 Å². The van der Waals surface area contributed by atoms with Gasteiger partial charge in [0, 0.05) is 10.0 Å². The molecular weight excluding hydrogens is 563 g/mol. The summed E-state index contributed by atoms with van der Waals surface area (Å²) in [5, 5.41) is 1.70. The second kappa shape index (κ2) is 23.9. The Morgan fingerprint density at radius 3 is 1.09 bits per heavy atom. The third-order valence-corrected chi connectivity index (χ3v) is 7.11. The molecule has 0 spiro atoms. The van der Waals surface area contributed by atoms with Crippen molar-refractivity contribution in [1.29, 1.82) is 0 Å². The van der Waals surface area contributed by atoms with E-state index in [9.17, 15) is 0 Å². The average molecular weight is 626 g/mol. The number of hydrogen-bond donors (Lipinski definition) is 0. The normalized spacial score (nSPS) is 9.67. The van der Waals surface area contributed by atoms with Gasteiger partial charge in [0.2, 0.25) is 0 Å². The molecule has 0 saturated heterocycles. The molecular formula is C41H62Cl2. The Morgan fingerprint density at radius 1 is 0.419 bits per heavy atom. The molecule has 4 aromatic carbocycles. The summed E-state index contributed by atoms with van der Waals surface area (Å²) in [6.45, 7) is 21.7. The topological polar surface area (TPSA) is 0 Å². The Hall–Kier alpha value is -2.54. The van der Waals surface area contributed by atoms with Crippen LogP contribution in [0.15, 0.2) is 97.1 Å². The molecule has 240 valence electrons. The molecule has 0 unspecified atom stereocenters. The van der Waals surface area contributed by atoms with E-state index in [1.165, 1.54) is 33.4 Å². The molecule has 0 radical (unpaired) electrons. The Morgan fingerprint density at radius 2 is 0.814 bits per heavy atom. The molecule has 0 aliphatic heterocycles. The van der Waals surface area contributed by atoms with E-state index in [0.29, 0.717) is 23.7 Å². The van der Waals surface area contributed by atoms with E-state index in [2.05, 4.69) is 130 Å². The summed E-state index contributed by atoms with van der Waals surface area (Å²) in [5.41, 5.74) is 8.04. The maximum absolute atomic E-state index is 5.92. The Balaban J connectivity index is -0.000000485. The van der Waals surface area contributed by atoms with Crippen LogP contribution in [0.5, 0.6) is 0 Å². The third kappa shape index (κ3) is 18.7. The van der Waals surface area contributed by atoms with Crippen molar-refractivity contribution in [3.63, 3.8) is 0 Å². The lowest BCUT2D eigenvalue weighted by atomic mass is 10.0. The van der Waals surface area contributed by atoms with Gasteiger partial charge >= 0.3 is 0 Å². The summed E-state index contributed by atoms with van der Waals surface area (Å²) in [5.74, 6) is 2.40. The highest BCUT2D eigenvalue weighted by molar-refractivity contribution is 6.31. The average Bonchev–Trinajstić information content (AvgIpc) is 2.90. The molecule has 2 heteroatoms. The first kappa shape index (κ1) is 44.9. The van der Waals surface area contributed by atoms with Crippen LogP contribution in [-0.4, -0.2) is 0 Å². The molecule has 0 heterocycles. The van der Waals surface area contributed by atoms with Crippen LogP contribution in [0.25, 0.3) is 0 Å². The molecule has 0 aromatic heterocycles. The Bertz CT molecular complexity index is 1170. The number of rotatable bonds is 4. The first-order chi connectivity index (χ1) is 18.8. The Kier molecular flexibility index (Phi) is 24.9. The van der Waals surface area contributed by atoms with E-state index in [0.717, 1.165) is 10.0 Å². The van der Waals surface area contributed by atoms with Crippen molar-refractivity contribution in [2.75, 3.05) is 0 Å². The van der Waals surface area contributed by atoms with Gasteiger partial charge in [-0.2, -0.15) is 0 Å². The smallest absolute Gasteiger partial charge is 0.0440 e.